The molecule has 1 fully saturated rings. The predicted octanol–water partition coefficient (Wildman–Crippen LogP) is 0.578. The number of hydrogen-bond donors (Lipinski definition) is 9. The number of carbonyl (C=O) groups excluding carboxylic acids is 6. The third-order valence-electron chi connectivity index (χ3n) is 7.23. The molecule has 1 heterocycles. The van der Waals surface area contributed by atoms with E-state index in [1.165, 1.54) is 53.4 Å². The Kier molecular flexibility index (Phi) is 16.3. The monoisotopic (exact) mass is 746 g/mol. The van der Waals surface area contributed by atoms with Crippen LogP contribution in [0.1, 0.15) is 33.6 Å². The molecule has 1 saturated heterocycles. The van der Waals surface area contributed by atoms with Crippen LogP contribution in [0.3, 0.4) is 0 Å². The summed E-state index contributed by atoms with van der Waals surface area (Å²) in [4.78, 5) is 88.1. The number of carbonyl (C=O) groups is 7. The molecule has 0 saturated carbocycles. The SMILES string of the molecule is COC(=O)NC(=N)Nc1ccc(C(=O)NCCC[C@H]2C(=O)N(CC(=O)O)CCN2C(=O)CNC(=O)c2ccc(NC(=N)NC(=O)OC)cc2)cc1.Cl. The van der Waals surface area contributed by atoms with Gasteiger partial charge in [0.2, 0.25) is 23.7 Å². The van der Waals surface area contributed by atoms with Crippen molar-refractivity contribution in [3.05, 3.63) is 59.7 Å². The van der Waals surface area contributed by atoms with Gasteiger partial charge in [0.25, 0.3) is 11.8 Å². The van der Waals surface area contributed by atoms with E-state index in [1.54, 1.807) is 0 Å². The Bertz CT molecular complexity index is 1660. The van der Waals surface area contributed by atoms with Crippen LogP contribution >= 0.6 is 12.4 Å². The number of carboxylic acid groups (broad SMARTS) is 1. The fourth-order valence-corrected chi connectivity index (χ4v) is 4.76. The lowest BCUT2D eigenvalue weighted by Gasteiger charge is -2.40. The topological polar surface area (TPSA) is 285 Å². The van der Waals surface area contributed by atoms with Gasteiger partial charge in [-0.2, -0.15) is 0 Å². The molecule has 0 radical (unpaired) electrons. The van der Waals surface area contributed by atoms with Crippen LogP contribution < -0.4 is 31.9 Å². The molecule has 21 heteroatoms. The molecule has 1 atom stereocenters. The quantitative estimate of drug-likeness (QED) is 0.0819. The Morgan fingerprint density at radius 2 is 1.27 bits per heavy atom. The molecule has 20 nitrogen and oxygen atoms in total. The van der Waals surface area contributed by atoms with Gasteiger partial charge in [-0.25, -0.2) is 9.59 Å². The van der Waals surface area contributed by atoms with Gasteiger partial charge in [-0.3, -0.25) is 45.4 Å². The van der Waals surface area contributed by atoms with Crippen LogP contribution in [0.4, 0.5) is 21.0 Å². The Morgan fingerprint density at radius 1 is 0.788 bits per heavy atom. The normalized spacial score (nSPS) is 13.3. The first-order chi connectivity index (χ1) is 24.3. The number of alkyl carbamates (subject to hydrolysis) is 2. The van der Waals surface area contributed by atoms with Crippen LogP contribution in [0.25, 0.3) is 0 Å². The van der Waals surface area contributed by atoms with Crippen molar-refractivity contribution in [1.82, 2.24) is 31.1 Å². The number of ether oxygens (including phenoxy) is 2. The number of nitrogens with one attached hydrogen (secondary N) is 8. The average Bonchev–Trinajstić information content (AvgIpc) is 3.10. The van der Waals surface area contributed by atoms with Crippen LogP contribution in [-0.2, 0) is 23.9 Å². The summed E-state index contributed by atoms with van der Waals surface area (Å²) in [5, 5.41) is 39.4. The number of carboxylic acids is 1. The van der Waals surface area contributed by atoms with Crippen molar-refractivity contribution < 1.29 is 48.1 Å². The number of benzene rings is 2. The van der Waals surface area contributed by atoms with Crippen LogP contribution in [-0.4, -0.2) is 122 Å². The lowest BCUT2D eigenvalue weighted by atomic mass is 10.0. The fourth-order valence-electron chi connectivity index (χ4n) is 4.76. The zero-order valence-corrected chi connectivity index (χ0v) is 28.9. The van der Waals surface area contributed by atoms with Crippen molar-refractivity contribution in [3.8, 4) is 0 Å². The lowest BCUT2D eigenvalue weighted by Crippen LogP contribution is -2.60. The standard InChI is InChI=1S/C31H38N10O10.ClH/c1-50-30(48)38-28(32)36-20-9-5-18(6-10-20)25(45)34-13-3-4-22-27(47)40(17-24(43)44)14-15-41(22)23(42)16-35-26(46)19-7-11-21(12-8-19)37-29(33)39-31(49)51-2;/h5-12,22H,3-4,13-17H2,1-2H3,(H,34,45)(H,35,46)(H,43,44)(H3,32,36,38,48)(H3,33,37,39,49);1H/t22-;/m0./s1. The summed E-state index contributed by atoms with van der Waals surface area (Å²) in [7, 11) is 2.31. The molecule has 2 aromatic rings. The van der Waals surface area contributed by atoms with Gasteiger partial charge in [0, 0.05) is 42.1 Å². The Balaban J connectivity index is 0.00000936. The number of hydrogen-bond acceptors (Lipinski definition) is 11. The first-order valence-electron chi connectivity index (χ1n) is 15.3. The van der Waals surface area contributed by atoms with Crippen molar-refractivity contribution in [2.75, 3.05) is 57.6 Å². The summed E-state index contributed by atoms with van der Waals surface area (Å²) in [6.07, 6.45) is -1.31. The van der Waals surface area contributed by atoms with Crippen LogP contribution in [0.5, 0.6) is 0 Å². The van der Waals surface area contributed by atoms with E-state index in [0.29, 0.717) is 16.9 Å². The fraction of sp³-hybridized carbons (Fsp3) is 0.323. The van der Waals surface area contributed by atoms with Crippen molar-refractivity contribution in [1.29, 1.82) is 10.8 Å². The maximum atomic E-state index is 13.2. The molecule has 3 rings (SSSR count). The number of aliphatic carboxylic acids is 1. The molecule has 0 bridgehead atoms. The zero-order chi connectivity index (χ0) is 37.5. The zero-order valence-electron chi connectivity index (χ0n) is 28.1. The molecule has 280 valence electrons. The summed E-state index contributed by atoms with van der Waals surface area (Å²) >= 11 is 0. The highest BCUT2D eigenvalue weighted by molar-refractivity contribution is 6.02. The van der Waals surface area contributed by atoms with Crippen molar-refractivity contribution in [3.63, 3.8) is 0 Å². The van der Waals surface area contributed by atoms with Gasteiger partial charge in [-0.15, -0.1) is 12.4 Å². The van der Waals surface area contributed by atoms with Crippen molar-refractivity contribution >= 4 is 77.5 Å². The third kappa shape index (κ3) is 12.8. The molecule has 9 N–H and O–H groups in total. The molecule has 0 aromatic heterocycles. The summed E-state index contributed by atoms with van der Waals surface area (Å²) < 4.78 is 8.82. The summed E-state index contributed by atoms with van der Waals surface area (Å²) in [5.74, 6) is -4.05. The molecular weight excluding hydrogens is 708 g/mol. The summed E-state index contributed by atoms with van der Waals surface area (Å²) in [6, 6.07) is 10.8. The Morgan fingerprint density at radius 3 is 1.73 bits per heavy atom. The van der Waals surface area contributed by atoms with E-state index in [1.807, 2.05) is 0 Å². The molecule has 0 unspecified atom stereocenters. The summed E-state index contributed by atoms with van der Waals surface area (Å²) in [5.41, 5.74) is 1.30. The van der Waals surface area contributed by atoms with E-state index in [-0.39, 0.29) is 62.4 Å². The molecule has 2 aromatic carbocycles. The summed E-state index contributed by atoms with van der Waals surface area (Å²) in [6.45, 7) is -0.859. The highest BCUT2D eigenvalue weighted by Crippen LogP contribution is 2.17. The van der Waals surface area contributed by atoms with Gasteiger partial charge < -0.3 is 45.6 Å². The van der Waals surface area contributed by atoms with Gasteiger partial charge in [-0.1, -0.05) is 0 Å². The number of halogens is 1. The Hall–Kier alpha value is -6.44. The number of piperazine rings is 1. The number of guanidine groups is 2. The number of nitrogens with zero attached hydrogens (tertiary/aromatic N) is 2. The van der Waals surface area contributed by atoms with Gasteiger partial charge in [0.15, 0.2) is 0 Å². The molecule has 1 aliphatic heterocycles. The van der Waals surface area contributed by atoms with E-state index < -0.39 is 60.9 Å². The van der Waals surface area contributed by atoms with E-state index >= 15 is 0 Å². The third-order valence-corrected chi connectivity index (χ3v) is 7.23. The van der Waals surface area contributed by atoms with Gasteiger partial charge >= 0.3 is 18.2 Å². The van der Waals surface area contributed by atoms with Crippen LogP contribution in [0.15, 0.2) is 48.5 Å². The lowest BCUT2D eigenvalue weighted by molar-refractivity contribution is -0.155. The highest BCUT2D eigenvalue weighted by Gasteiger charge is 2.37. The van der Waals surface area contributed by atoms with E-state index in [2.05, 4.69) is 41.4 Å². The second kappa shape index (κ2) is 20.3. The van der Waals surface area contributed by atoms with E-state index in [9.17, 15) is 38.7 Å². The Labute approximate surface area is 303 Å². The maximum Gasteiger partial charge on any atom is 0.413 e. The minimum Gasteiger partial charge on any atom is -0.480 e. The number of rotatable bonds is 12. The van der Waals surface area contributed by atoms with Gasteiger partial charge in [0.1, 0.15) is 12.6 Å². The molecule has 0 spiro atoms. The van der Waals surface area contributed by atoms with Gasteiger partial charge in [0.05, 0.1) is 20.8 Å². The average molecular weight is 747 g/mol. The van der Waals surface area contributed by atoms with Crippen molar-refractivity contribution in [2.24, 2.45) is 0 Å². The second-order valence-corrected chi connectivity index (χ2v) is 10.7. The number of methoxy groups -OCH3 is 2. The molecular formula is C31H39ClN10O10. The van der Waals surface area contributed by atoms with Crippen molar-refractivity contribution in [2.45, 2.75) is 18.9 Å². The minimum absolute atomic E-state index is 0. The van der Waals surface area contributed by atoms with E-state index in [0.717, 1.165) is 19.1 Å². The first-order valence-corrected chi connectivity index (χ1v) is 15.3. The maximum absolute atomic E-state index is 13.2. The first kappa shape index (κ1) is 41.7. The van der Waals surface area contributed by atoms with E-state index in [4.69, 9.17) is 10.8 Å². The van der Waals surface area contributed by atoms with Crippen LogP contribution in [0.2, 0.25) is 0 Å². The minimum atomic E-state index is -1.21. The highest BCUT2D eigenvalue weighted by atomic mass is 35.5. The molecule has 6 amide bonds. The molecule has 1 aliphatic rings. The van der Waals surface area contributed by atoms with Crippen LogP contribution in [0, 0.1) is 10.8 Å². The largest absolute Gasteiger partial charge is 0.480 e. The predicted molar refractivity (Wildman–Crippen MR) is 188 cm³/mol. The molecule has 52 heavy (non-hydrogen) atoms. The second-order valence-electron chi connectivity index (χ2n) is 10.7. The molecule has 0 aliphatic carbocycles. The van der Waals surface area contributed by atoms with Gasteiger partial charge in [-0.05, 0) is 61.4 Å². The number of anilines is 2. The number of amides is 6. The smallest absolute Gasteiger partial charge is 0.413 e.